The third-order valence-corrected chi connectivity index (χ3v) is 4.68. The maximum absolute atomic E-state index is 12.1. The number of rotatable bonds is 4. The summed E-state index contributed by atoms with van der Waals surface area (Å²) in [6, 6.07) is 0.164. The molecular formula is C14H23NO4. The molecule has 0 spiro atoms. The fourth-order valence-corrected chi connectivity index (χ4v) is 3.93. The summed E-state index contributed by atoms with van der Waals surface area (Å²) in [5.74, 6) is -0.545. The minimum absolute atomic E-state index is 0.164. The smallest absolute Gasteiger partial charge is 0.410 e. The summed E-state index contributed by atoms with van der Waals surface area (Å²) < 4.78 is 5.18. The van der Waals surface area contributed by atoms with Crippen LogP contribution in [0.15, 0.2) is 0 Å². The number of hydrogen-bond acceptors (Lipinski definition) is 3. The highest BCUT2D eigenvalue weighted by Gasteiger charge is 2.53. The van der Waals surface area contributed by atoms with Crippen LogP contribution < -0.4 is 0 Å². The van der Waals surface area contributed by atoms with Gasteiger partial charge in [0, 0.05) is 18.0 Å². The predicted octanol–water partition coefficient (Wildman–Crippen LogP) is 2.64. The van der Waals surface area contributed by atoms with Gasteiger partial charge in [-0.15, -0.1) is 0 Å². The molecule has 0 radical (unpaired) electrons. The first-order valence-corrected chi connectivity index (χ1v) is 7.20. The number of amides is 1. The van der Waals surface area contributed by atoms with Gasteiger partial charge in [-0.05, 0) is 44.9 Å². The Balaban J connectivity index is 2.16. The second-order valence-corrected chi connectivity index (χ2v) is 5.74. The van der Waals surface area contributed by atoms with Crippen molar-refractivity contribution in [1.29, 1.82) is 0 Å². The van der Waals surface area contributed by atoms with Gasteiger partial charge in [-0.1, -0.05) is 6.92 Å². The Morgan fingerprint density at radius 2 is 2.16 bits per heavy atom. The second kappa shape index (κ2) is 5.39. The van der Waals surface area contributed by atoms with E-state index in [2.05, 4.69) is 6.92 Å². The maximum Gasteiger partial charge on any atom is 0.410 e. The van der Waals surface area contributed by atoms with Crippen molar-refractivity contribution in [2.75, 3.05) is 6.61 Å². The topological polar surface area (TPSA) is 66.8 Å². The quantitative estimate of drug-likeness (QED) is 0.852. The van der Waals surface area contributed by atoms with Crippen LogP contribution in [-0.2, 0) is 9.53 Å². The van der Waals surface area contributed by atoms with Gasteiger partial charge in [0.1, 0.15) is 0 Å². The van der Waals surface area contributed by atoms with Gasteiger partial charge in [-0.2, -0.15) is 0 Å². The standard InChI is InChI=1S/C14H23NO4/c1-3-14-6-5-11(15(14)13(18)19-4-2)7-10(9-14)8-12(16)17/h10-11H,3-9H2,1-2H3,(H,16,17). The summed E-state index contributed by atoms with van der Waals surface area (Å²) in [6.07, 6.45) is 4.41. The van der Waals surface area contributed by atoms with Gasteiger partial charge < -0.3 is 9.84 Å². The van der Waals surface area contributed by atoms with E-state index < -0.39 is 5.97 Å². The number of aliphatic carboxylic acids is 1. The molecule has 2 heterocycles. The molecular weight excluding hydrogens is 246 g/mol. The third kappa shape index (κ3) is 2.55. The van der Waals surface area contributed by atoms with Crippen LogP contribution in [0.5, 0.6) is 0 Å². The molecule has 0 aromatic heterocycles. The van der Waals surface area contributed by atoms with E-state index in [0.717, 1.165) is 32.1 Å². The van der Waals surface area contributed by atoms with Crippen LogP contribution in [0.4, 0.5) is 4.79 Å². The Bertz CT molecular complexity index is 370. The molecule has 1 amide bonds. The van der Waals surface area contributed by atoms with Gasteiger partial charge >= 0.3 is 12.1 Å². The number of carboxylic acids is 1. The van der Waals surface area contributed by atoms with Gasteiger partial charge in [0.05, 0.1) is 6.61 Å². The Kier molecular flexibility index (Phi) is 4.02. The number of fused-ring (bicyclic) bond motifs is 2. The number of carbonyl (C=O) groups is 2. The van der Waals surface area contributed by atoms with Crippen molar-refractivity contribution in [2.45, 2.75) is 64.0 Å². The highest BCUT2D eigenvalue weighted by atomic mass is 16.6. The van der Waals surface area contributed by atoms with E-state index in [9.17, 15) is 9.59 Å². The minimum Gasteiger partial charge on any atom is -0.481 e. The van der Waals surface area contributed by atoms with Crippen molar-refractivity contribution in [3.8, 4) is 0 Å². The fourth-order valence-electron chi connectivity index (χ4n) is 3.93. The lowest BCUT2D eigenvalue weighted by molar-refractivity contribution is -0.138. The summed E-state index contributed by atoms with van der Waals surface area (Å²) in [5, 5.41) is 8.97. The van der Waals surface area contributed by atoms with Crippen molar-refractivity contribution in [3.05, 3.63) is 0 Å². The lowest BCUT2D eigenvalue weighted by Crippen LogP contribution is -2.55. The Labute approximate surface area is 113 Å². The summed E-state index contributed by atoms with van der Waals surface area (Å²) in [5.41, 5.74) is -0.171. The van der Waals surface area contributed by atoms with E-state index in [1.165, 1.54) is 0 Å². The van der Waals surface area contributed by atoms with Crippen molar-refractivity contribution in [1.82, 2.24) is 4.90 Å². The van der Waals surface area contributed by atoms with Gasteiger partial charge in [-0.25, -0.2) is 4.79 Å². The predicted molar refractivity (Wildman–Crippen MR) is 69.9 cm³/mol. The number of hydrogen-bond donors (Lipinski definition) is 1. The molecule has 108 valence electrons. The number of ether oxygens (including phenoxy) is 1. The number of carbonyl (C=O) groups excluding carboxylic acids is 1. The molecule has 2 saturated heterocycles. The molecule has 19 heavy (non-hydrogen) atoms. The monoisotopic (exact) mass is 269 g/mol. The molecule has 5 nitrogen and oxygen atoms in total. The van der Waals surface area contributed by atoms with Crippen LogP contribution in [-0.4, -0.2) is 40.3 Å². The zero-order valence-electron chi connectivity index (χ0n) is 11.7. The lowest BCUT2D eigenvalue weighted by atomic mass is 9.78. The highest BCUT2D eigenvalue weighted by Crippen LogP contribution is 2.49. The average Bonchev–Trinajstić information content (AvgIpc) is 2.58. The number of nitrogens with zero attached hydrogens (tertiary/aromatic N) is 1. The molecule has 0 aliphatic carbocycles. The Morgan fingerprint density at radius 1 is 1.42 bits per heavy atom. The van der Waals surface area contributed by atoms with E-state index in [-0.39, 0.29) is 30.0 Å². The molecule has 3 atom stereocenters. The normalized spacial score (nSPS) is 33.3. The molecule has 2 fully saturated rings. The molecule has 0 aromatic carbocycles. The van der Waals surface area contributed by atoms with Crippen LogP contribution in [0, 0.1) is 5.92 Å². The lowest BCUT2D eigenvalue weighted by Gasteiger charge is -2.46. The molecule has 2 bridgehead atoms. The number of piperidine rings is 1. The zero-order chi connectivity index (χ0) is 14.0. The maximum atomic E-state index is 12.1. The first-order chi connectivity index (χ1) is 9.02. The average molecular weight is 269 g/mol. The van der Waals surface area contributed by atoms with Crippen molar-refractivity contribution in [2.24, 2.45) is 5.92 Å². The molecule has 2 rings (SSSR count). The largest absolute Gasteiger partial charge is 0.481 e. The molecule has 0 aromatic rings. The van der Waals surface area contributed by atoms with E-state index in [0.29, 0.717) is 6.61 Å². The van der Waals surface area contributed by atoms with Gasteiger partial charge in [0.15, 0.2) is 0 Å². The molecule has 1 N–H and O–H groups in total. The van der Waals surface area contributed by atoms with Crippen LogP contribution in [0.25, 0.3) is 0 Å². The molecule has 0 saturated carbocycles. The van der Waals surface area contributed by atoms with E-state index in [1.54, 1.807) is 0 Å². The zero-order valence-corrected chi connectivity index (χ0v) is 11.7. The summed E-state index contributed by atoms with van der Waals surface area (Å²) in [4.78, 5) is 25.0. The Morgan fingerprint density at radius 3 is 2.74 bits per heavy atom. The third-order valence-electron chi connectivity index (χ3n) is 4.68. The summed E-state index contributed by atoms with van der Waals surface area (Å²) in [7, 11) is 0. The highest BCUT2D eigenvalue weighted by molar-refractivity contribution is 5.70. The molecule has 2 aliphatic heterocycles. The summed E-state index contributed by atoms with van der Waals surface area (Å²) >= 11 is 0. The number of carboxylic acid groups (broad SMARTS) is 1. The van der Waals surface area contributed by atoms with E-state index in [4.69, 9.17) is 9.84 Å². The molecule has 5 heteroatoms. The van der Waals surface area contributed by atoms with Crippen molar-refractivity contribution < 1.29 is 19.4 Å². The van der Waals surface area contributed by atoms with Crippen LogP contribution >= 0.6 is 0 Å². The van der Waals surface area contributed by atoms with E-state index >= 15 is 0 Å². The van der Waals surface area contributed by atoms with Crippen LogP contribution in [0.2, 0.25) is 0 Å². The molecule has 3 unspecified atom stereocenters. The SMILES string of the molecule is CCOC(=O)N1C2CCC1(CC)CC(CC(=O)O)C2. The fraction of sp³-hybridized carbons (Fsp3) is 0.857. The first kappa shape index (κ1) is 14.2. The van der Waals surface area contributed by atoms with Gasteiger partial charge in [0.2, 0.25) is 0 Å². The van der Waals surface area contributed by atoms with Crippen LogP contribution in [0.3, 0.4) is 0 Å². The summed E-state index contributed by atoms with van der Waals surface area (Å²) in [6.45, 7) is 4.29. The second-order valence-electron chi connectivity index (χ2n) is 5.74. The first-order valence-electron chi connectivity index (χ1n) is 7.20. The minimum atomic E-state index is -0.736. The van der Waals surface area contributed by atoms with Crippen LogP contribution in [0.1, 0.15) is 52.4 Å². The van der Waals surface area contributed by atoms with Gasteiger partial charge in [0.25, 0.3) is 0 Å². The van der Waals surface area contributed by atoms with E-state index in [1.807, 2.05) is 11.8 Å². The van der Waals surface area contributed by atoms with Gasteiger partial charge in [-0.3, -0.25) is 9.69 Å². The van der Waals surface area contributed by atoms with Crippen molar-refractivity contribution >= 4 is 12.1 Å². The molecule has 2 aliphatic rings. The van der Waals surface area contributed by atoms with Crippen molar-refractivity contribution in [3.63, 3.8) is 0 Å². The Hall–Kier alpha value is -1.26.